The van der Waals surface area contributed by atoms with E-state index in [1.54, 1.807) is 0 Å². The van der Waals surface area contributed by atoms with Gasteiger partial charge < -0.3 is 0 Å². The van der Waals surface area contributed by atoms with Crippen molar-refractivity contribution in [1.29, 1.82) is 0 Å². The summed E-state index contributed by atoms with van der Waals surface area (Å²) in [6, 6.07) is 0. The molecule has 3 heteroatoms. The monoisotopic (exact) mass is 354 g/mol. The molecule has 0 aliphatic carbocycles. The van der Waals surface area contributed by atoms with E-state index in [0.717, 1.165) is 19.4 Å². The van der Waals surface area contributed by atoms with E-state index in [9.17, 15) is 0 Å². The average Bonchev–Trinajstić information content (AvgIpc) is 2.41. The van der Waals surface area contributed by atoms with E-state index in [-0.39, 0.29) is 0 Å². The second-order valence-electron chi connectivity index (χ2n) is 4.56. The molecule has 0 aromatic carbocycles. The van der Waals surface area contributed by atoms with Crippen LogP contribution in [0.15, 0.2) is 16.8 Å². The summed E-state index contributed by atoms with van der Waals surface area (Å²) in [5, 5.41) is 0. The maximum absolute atomic E-state index is 4.60. The molecule has 0 saturated carbocycles. The number of allylic oxidation sites excluding steroid dienone is 2. The van der Waals surface area contributed by atoms with Crippen molar-refractivity contribution in [3.8, 4) is 0 Å². The molecule has 0 aliphatic heterocycles. The molecule has 0 spiro atoms. The summed E-state index contributed by atoms with van der Waals surface area (Å²) < 4.78 is 5.62. The Morgan fingerprint density at radius 3 is 1.94 bits per heavy atom. The van der Waals surface area contributed by atoms with Crippen molar-refractivity contribution in [3.63, 3.8) is 0 Å². The van der Waals surface area contributed by atoms with Crippen LogP contribution in [-0.2, 0) is 0 Å². The molecule has 0 aromatic heterocycles. The van der Waals surface area contributed by atoms with Gasteiger partial charge in [0, 0.05) is 0 Å². The van der Waals surface area contributed by atoms with Crippen LogP contribution in [0.2, 0.25) is 8.35 Å². The molecule has 0 N–H and O–H groups in total. The van der Waals surface area contributed by atoms with Crippen molar-refractivity contribution < 1.29 is 0 Å². The first kappa shape index (κ1) is 18.1. The summed E-state index contributed by atoms with van der Waals surface area (Å²) in [6.45, 7) is 15.7. The summed E-state index contributed by atoms with van der Waals surface area (Å²) in [5.41, 5.74) is 2.81. The maximum atomic E-state index is 4.60. The van der Waals surface area contributed by atoms with E-state index in [1.165, 1.54) is 26.3 Å². The van der Waals surface area contributed by atoms with Crippen molar-refractivity contribution in [2.75, 3.05) is 13.1 Å². The molecule has 0 aliphatic rings. The molecular weight excluding hydrogens is 323 g/mol. The molecule has 104 valence electrons. The van der Waals surface area contributed by atoms with E-state index in [2.05, 4.69) is 55.5 Å². The first-order valence-electron chi connectivity index (χ1n) is 7.68. The van der Waals surface area contributed by atoms with Crippen LogP contribution in [0.5, 0.6) is 0 Å². The first-order valence-corrected chi connectivity index (χ1v) is 13.8. The van der Waals surface area contributed by atoms with Gasteiger partial charge in [-0.3, -0.25) is 0 Å². The average molecular weight is 354 g/mol. The van der Waals surface area contributed by atoms with Crippen LogP contribution in [-0.4, -0.2) is 43.4 Å². The number of hydrogen-bond acceptors (Lipinski definition) is 2. The normalized spacial score (nSPS) is 12.8. The van der Waals surface area contributed by atoms with Gasteiger partial charge in [0.2, 0.25) is 0 Å². The van der Waals surface area contributed by atoms with Crippen molar-refractivity contribution in [2.24, 2.45) is 4.99 Å². The van der Waals surface area contributed by atoms with Gasteiger partial charge in [-0.05, 0) is 0 Å². The van der Waals surface area contributed by atoms with Crippen LogP contribution in [0.1, 0.15) is 54.4 Å². The quantitative estimate of drug-likeness (QED) is 0.557. The van der Waals surface area contributed by atoms with E-state index < -0.39 is 21.7 Å². The van der Waals surface area contributed by atoms with Crippen LogP contribution in [0.25, 0.3) is 0 Å². The Balaban J connectivity index is 5.12. The van der Waals surface area contributed by atoms with E-state index in [4.69, 9.17) is 0 Å². The third-order valence-electron chi connectivity index (χ3n) is 3.51. The Morgan fingerprint density at radius 2 is 1.61 bits per heavy atom. The van der Waals surface area contributed by atoms with Gasteiger partial charge in [-0.25, -0.2) is 0 Å². The second-order valence-corrected chi connectivity index (χ2v) is 14.7. The zero-order chi connectivity index (χ0) is 14.0. The molecular formula is C15H31InN2. The molecule has 18 heavy (non-hydrogen) atoms. The summed E-state index contributed by atoms with van der Waals surface area (Å²) in [5.74, 6) is 0. The van der Waals surface area contributed by atoms with Crippen LogP contribution in [0.3, 0.4) is 0 Å². The molecule has 2 nitrogen and oxygen atoms in total. The fraction of sp³-hybridized carbons (Fsp3) is 0.800. The first-order chi connectivity index (χ1) is 8.68. The summed E-state index contributed by atoms with van der Waals surface area (Å²) >= 11 is -1.49. The number of rotatable bonds is 9. The van der Waals surface area contributed by atoms with Gasteiger partial charge in [0.1, 0.15) is 0 Å². The molecule has 0 bridgehead atoms. The van der Waals surface area contributed by atoms with Gasteiger partial charge in [-0.1, -0.05) is 0 Å². The zero-order valence-electron chi connectivity index (χ0n) is 13.3. The predicted octanol–water partition coefficient (Wildman–Crippen LogP) is 4.50. The van der Waals surface area contributed by atoms with Crippen molar-refractivity contribution in [2.45, 2.75) is 62.7 Å². The molecule has 0 atom stereocenters. The molecule has 0 unspecified atom stereocenters. The Labute approximate surface area is 122 Å². The van der Waals surface area contributed by atoms with Gasteiger partial charge in [-0.15, -0.1) is 0 Å². The van der Waals surface area contributed by atoms with Crippen molar-refractivity contribution in [1.82, 2.24) is 2.89 Å². The minimum atomic E-state index is -1.49. The standard InChI is InChI=1S/C11H21N2.2C2H5.In/c1-5-10(12-7-3)9-11(6-2)13-8-4;2*1-2;/h9H,5-8H2,1-4H3;2*1H2,2H3;/q-1;;;+1/b10-9-,13-11?;;;. The molecule has 0 amide bonds. The Bertz CT molecular complexity index is 268. The number of aliphatic imine (C=N–C) groups is 1. The molecule has 0 fully saturated rings. The Morgan fingerprint density at radius 1 is 1.00 bits per heavy atom. The zero-order valence-corrected chi connectivity index (χ0v) is 16.6. The topological polar surface area (TPSA) is 15.6 Å². The summed E-state index contributed by atoms with van der Waals surface area (Å²) in [7, 11) is 0. The number of hydrogen-bond donors (Lipinski definition) is 0. The molecule has 0 heterocycles. The van der Waals surface area contributed by atoms with E-state index >= 15 is 0 Å². The third-order valence-corrected chi connectivity index (χ3v) is 13.4. The van der Waals surface area contributed by atoms with Gasteiger partial charge in [0.05, 0.1) is 0 Å². The Kier molecular flexibility index (Phi) is 11.0. The van der Waals surface area contributed by atoms with Gasteiger partial charge in [-0.2, -0.15) is 0 Å². The van der Waals surface area contributed by atoms with Crippen LogP contribution in [0.4, 0.5) is 0 Å². The predicted molar refractivity (Wildman–Crippen MR) is 85.7 cm³/mol. The van der Waals surface area contributed by atoms with Crippen LogP contribution >= 0.6 is 0 Å². The fourth-order valence-electron chi connectivity index (χ4n) is 2.47. The fourth-order valence-corrected chi connectivity index (χ4v) is 10.2. The van der Waals surface area contributed by atoms with Gasteiger partial charge in [0.25, 0.3) is 0 Å². The SMILES string of the molecule is CCN=C(/C=C(/CC)[N](CC)[In]([CH2]C)[CH2]C)CC. The summed E-state index contributed by atoms with van der Waals surface area (Å²) in [4.78, 5) is 4.60. The van der Waals surface area contributed by atoms with Crippen molar-refractivity contribution >= 4 is 27.4 Å². The van der Waals surface area contributed by atoms with E-state index in [0.29, 0.717) is 0 Å². The van der Waals surface area contributed by atoms with Crippen LogP contribution < -0.4 is 0 Å². The Hall–Kier alpha value is 0.0801. The number of nitrogens with zero attached hydrogens (tertiary/aromatic N) is 2. The third kappa shape index (κ3) is 5.81. The minimum absolute atomic E-state index is 0.900. The molecule has 0 aromatic rings. The van der Waals surface area contributed by atoms with Gasteiger partial charge in [0.15, 0.2) is 0 Å². The van der Waals surface area contributed by atoms with Crippen molar-refractivity contribution in [3.05, 3.63) is 11.8 Å². The molecule has 0 rings (SSSR count). The van der Waals surface area contributed by atoms with E-state index in [1.807, 2.05) is 0 Å². The van der Waals surface area contributed by atoms with Crippen LogP contribution in [0, 0.1) is 0 Å². The second kappa shape index (κ2) is 11.0. The molecule has 0 radical (unpaired) electrons. The molecule has 0 saturated heterocycles. The van der Waals surface area contributed by atoms with Gasteiger partial charge >= 0.3 is 123 Å². The summed E-state index contributed by atoms with van der Waals surface area (Å²) in [6.07, 6.45) is 4.56.